The molecule has 4 rings (SSSR count). The molecule has 2 aromatic carbocycles. The van der Waals surface area contributed by atoms with Crippen LogP contribution >= 0.6 is 0 Å². The highest BCUT2D eigenvalue weighted by Gasteiger charge is 2.18. The molecule has 4 heteroatoms. The maximum atomic E-state index is 5.96. The van der Waals surface area contributed by atoms with Gasteiger partial charge in [0.15, 0.2) is 5.84 Å². The minimum atomic E-state index is 0.516. The number of amidine groups is 2. The third kappa shape index (κ3) is 1.89. The van der Waals surface area contributed by atoms with Crippen molar-refractivity contribution < 1.29 is 0 Å². The molecule has 100 valence electrons. The molecular formula is C17H12N4. The minimum absolute atomic E-state index is 0.516. The van der Waals surface area contributed by atoms with Crippen molar-refractivity contribution in [1.29, 1.82) is 0 Å². The van der Waals surface area contributed by atoms with Crippen molar-refractivity contribution in [2.45, 2.75) is 0 Å². The summed E-state index contributed by atoms with van der Waals surface area (Å²) >= 11 is 0. The van der Waals surface area contributed by atoms with Gasteiger partial charge in [-0.25, -0.2) is 9.98 Å². The van der Waals surface area contributed by atoms with E-state index >= 15 is 0 Å². The van der Waals surface area contributed by atoms with Gasteiger partial charge in [0.25, 0.3) is 0 Å². The maximum absolute atomic E-state index is 5.96. The van der Waals surface area contributed by atoms with Crippen LogP contribution < -0.4 is 5.73 Å². The fourth-order valence-corrected chi connectivity index (χ4v) is 2.52. The second kappa shape index (κ2) is 4.52. The number of pyridine rings is 1. The SMILES string of the molecule is NC1=NC(=Nc2cccc3ncccc23)c2ccccc21. The summed E-state index contributed by atoms with van der Waals surface area (Å²) in [4.78, 5) is 13.4. The van der Waals surface area contributed by atoms with Gasteiger partial charge in [0.2, 0.25) is 0 Å². The topological polar surface area (TPSA) is 63.6 Å². The summed E-state index contributed by atoms with van der Waals surface area (Å²) in [6.07, 6.45) is 1.78. The molecule has 2 heterocycles. The third-order valence-electron chi connectivity index (χ3n) is 3.52. The van der Waals surface area contributed by atoms with Gasteiger partial charge in [-0.15, -0.1) is 0 Å². The fourth-order valence-electron chi connectivity index (χ4n) is 2.52. The molecule has 0 radical (unpaired) electrons. The molecule has 0 fully saturated rings. The summed E-state index contributed by atoms with van der Waals surface area (Å²) in [7, 11) is 0. The van der Waals surface area contributed by atoms with Crippen LogP contribution in [-0.4, -0.2) is 16.7 Å². The highest BCUT2D eigenvalue weighted by molar-refractivity contribution is 6.22. The molecule has 21 heavy (non-hydrogen) atoms. The van der Waals surface area contributed by atoms with Crippen LogP contribution in [0.15, 0.2) is 70.8 Å². The van der Waals surface area contributed by atoms with E-state index in [9.17, 15) is 0 Å². The molecule has 1 aromatic heterocycles. The molecule has 0 spiro atoms. The smallest absolute Gasteiger partial charge is 0.162 e. The van der Waals surface area contributed by atoms with Gasteiger partial charge in [-0.2, -0.15) is 0 Å². The lowest BCUT2D eigenvalue weighted by Crippen LogP contribution is -2.09. The van der Waals surface area contributed by atoms with E-state index in [2.05, 4.69) is 15.0 Å². The van der Waals surface area contributed by atoms with Crippen LogP contribution in [0.5, 0.6) is 0 Å². The Labute approximate surface area is 121 Å². The molecule has 0 amide bonds. The third-order valence-corrected chi connectivity index (χ3v) is 3.52. The predicted octanol–water partition coefficient (Wildman–Crippen LogP) is 3.03. The van der Waals surface area contributed by atoms with Crippen molar-refractivity contribution in [3.63, 3.8) is 0 Å². The van der Waals surface area contributed by atoms with E-state index in [1.165, 1.54) is 0 Å². The Morgan fingerprint density at radius 2 is 1.71 bits per heavy atom. The molecule has 4 nitrogen and oxygen atoms in total. The zero-order chi connectivity index (χ0) is 14.2. The highest BCUT2D eigenvalue weighted by Crippen LogP contribution is 2.27. The summed E-state index contributed by atoms with van der Waals surface area (Å²) in [5.41, 5.74) is 9.64. The van der Waals surface area contributed by atoms with Crippen molar-refractivity contribution in [3.05, 3.63) is 71.9 Å². The predicted molar refractivity (Wildman–Crippen MR) is 85.1 cm³/mol. The van der Waals surface area contributed by atoms with Gasteiger partial charge in [-0.1, -0.05) is 30.3 Å². The lowest BCUT2D eigenvalue weighted by atomic mass is 10.1. The number of benzene rings is 2. The van der Waals surface area contributed by atoms with Gasteiger partial charge in [0.1, 0.15) is 5.84 Å². The number of aliphatic imine (C=N–C) groups is 2. The second-order valence-electron chi connectivity index (χ2n) is 4.83. The Kier molecular flexibility index (Phi) is 2.54. The van der Waals surface area contributed by atoms with E-state index in [1.807, 2.05) is 54.6 Å². The minimum Gasteiger partial charge on any atom is -0.383 e. The lowest BCUT2D eigenvalue weighted by molar-refractivity contribution is 1.40. The van der Waals surface area contributed by atoms with Gasteiger partial charge in [0.05, 0.1) is 11.2 Å². The molecule has 3 aromatic rings. The second-order valence-corrected chi connectivity index (χ2v) is 4.83. The summed E-state index contributed by atoms with van der Waals surface area (Å²) in [5.74, 6) is 1.17. The summed E-state index contributed by atoms with van der Waals surface area (Å²) < 4.78 is 0. The maximum Gasteiger partial charge on any atom is 0.162 e. The molecule has 0 bridgehead atoms. The molecule has 0 atom stereocenters. The fraction of sp³-hybridized carbons (Fsp3) is 0. The molecular weight excluding hydrogens is 260 g/mol. The zero-order valence-electron chi connectivity index (χ0n) is 11.2. The molecule has 1 aliphatic rings. The van der Waals surface area contributed by atoms with E-state index in [-0.39, 0.29) is 0 Å². The number of nitrogens with two attached hydrogens (primary N) is 1. The monoisotopic (exact) mass is 272 g/mol. The van der Waals surface area contributed by atoms with Crippen molar-refractivity contribution in [2.75, 3.05) is 0 Å². The Bertz CT molecular complexity index is 904. The van der Waals surface area contributed by atoms with E-state index < -0.39 is 0 Å². The molecule has 0 aliphatic carbocycles. The first-order chi connectivity index (χ1) is 10.3. The van der Waals surface area contributed by atoms with Gasteiger partial charge in [0, 0.05) is 22.7 Å². The molecule has 1 aliphatic heterocycles. The standard InChI is InChI=1S/C17H12N4/c18-16-11-5-1-2-6-12(11)17(21-16)20-15-9-3-8-14-13(15)7-4-10-19-14/h1-10H,(H2,18,20,21). The number of fused-ring (bicyclic) bond motifs is 2. The van der Waals surface area contributed by atoms with Gasteiger partial charge in [-0.05, 0) is 24.3 Å². The van der Waals surface area contributed by atoms with Crippen LogP contribution in [0, 0.1) is 0 Å². The number of hydrogen-bond acceptors (Lipinski definition) is 3. The van der Waals surface area contributed by atoms with Crippen molar-refractivity contribution >= 4 is 28.3 Å². The van der Waals surface area contributed by atoms with E-state index in [1.54, 1.807) is 6.20 Å². The van der Waals surface area contributed by atoms with Crippen LogP contribution in [0.4, 0.5) is 5.69 Å². The Morgan fingerprint density at radius 1 is 0.857 bits per heavy atom. The average Bonchev–Trinajstić information content (AvgIpc) is 2.85. The number of nitrogens with zero attached hydrogens (tertiary/aromatic N) is 3. The van der Waals surface area contributed by atoms with Crippen LogP contribution in [0.3, 0.4) is 0 Å². The summed E-state index contributed by atoms with van der Waals surface area (Å²) in [6, 6.07) is 17.7. The first-order valence-corrected chi connectivity index (χ1v) is 6.69. The van der Waals surface area contributed by atoms with Crippen LogP contribution in [-0.2, 0) is 0 Å². The quantitative estimate of drug-likeness (QED) is 0.740. The Hall–Kier alpha value is -3.01. The Morgan fingerprint density at radius 3 is 2.62 bits per heavy atom. The summed E-state index contributed by atoms with van der Waals surface area (Å²) in [6.45, 7) is 0. The first kappa shape index (κ1) is 11.8. The van der Waals surface area contributed by atoms with Crippen molar-refractivity contribution in [3.8, 4) is 0 Å². The molecule has 2 N–H and O–H groups in total. The largest absolute Gasteiger partial charge is 0.383 e. The van der Waals surface area contributed by atoms with Crippen molar-refractivity contribution in [1.82, 2.24) is 4.98 Å². The van der Waals surface area contributed by atoms with Gasteiger partial charge >= 0.3 is 0 Å². The van der Waals surface area contributed by atoms with Crippen LogP contribution in [0.25, 0.3) is 10.9 Å². The number of aromatic nitrogens is 1. The Balaban J connectivity index is 1.93. The van der Waals surface area contributed by atoms with Crippen molar-refractivity contribution in [2.24, 2.45) is 15.7 Å². The van der Waals surface area contributed by atoms with Crippen LogP contribution in [0.1, 0.15) is 11.1 Å². The van der Waals surface area contributed by atoms with Gasteiger partial charge < -0.3 is 5.73 Å². The normalized spacial score (nSPS) is 15.2. The van der Waals surface area contributed by atoms with Crippen LogP contribution in [0.2, 0.25) is 0 Å². The average molecular weight is 272 g/mol. The van der Waals surface area contributed by atoms with E-state index in [0.717, 1.165) is 27.7 Å². The molecule has 0 saturated heterocycles. The molecule has 0 saturated carbocycles. The number of hydrogen-bond donors (Lipinski definition) is 1. The molecule has 0 unspecified atom stereocenters. The zero-order valence-corrected chi connectivity index (χ0v) is 11.2. The first-order valence-electron chi connectivity index (χ1n) is 6.69. The van der Waals surface area contributed by atoms with E-state index in [4.69, 9.17) is 5.73 Å². The summed E-state index contributed by atoms with van der Waals surface area (Å²) in [5, 5.41) is 1.01. The van der Waals surface area contributed by atoms with E-state index in [0.29, 0.717) is 11.7 Å². The number of rotatable bonds is 1. The highest BCUT2D eigenvalue weighted by atomic mass is 15.0. The van der Waals surface area contributed by atoms with Gasteiger partial charge in [-0.3, -0.25) is 4.98 Å². The lowest BCUT2D eigenvalue weighted by Gasteiger charge is -2.02.